The van der Waals surface area contributed by atoms with Gasteiger partial charge in [0.1, 0.15) is 0 Å². The maximum atomic E-state index is 5.72. The summed E-state index contributed by atoms with van der Waals surface area (Å²) in [6, 6.07) is 9.18. The predicted octanol–water partition coefficient (Wildman–Crippen LogP) is 2.37. The number of piperazine rings is 1. The second kappa shape index (κ2) is 6.59. The van der Waals surface area contributed by atoms with E-state index in [4.69, 9.17) is 5.73 Å². The minimum absolute atomic E-state index is 0.842. The predicted molar refractivity (Wildman–Crippen MR) is 84.8 cm³/mol. The molecule has 1 aromatic rings. The average molecular weight is 273 g/mol. The Hall–Kier alpha value is -1.06. The standard InChI is InChI=1S/C17H27N3/c18-16-8-6-15(7-9-16)4-3-10-19-12-13-20-11-2-1-5-17(20)14-19/h6-9,17H,1-5,10-14,18H2. The Kier molecular flexibility index (Phi) is 4.58. The lowest BCUT2D eigenvalue weighted by atomic mass is 9.99. The summed E-state index contributed by atoms with van der Waals surface area (Å²) in [6.07, 6.45) is 6.68. The highest BCUT2D eigenvalue weighted by Crippen LogP contribution is 2.21. The summed E-state index contributed by atoms with van der Waals surface area (Å²) in [4.78, 5) is 5.38. The molecule has 0 bridgehead atoms. The van der Waals surface area contributed by atoms with E-state index in [0.29, 0.717) is 0 Å². The fourth-order valence-electron chi connectivity index (χ4n) is 3.61. The molecular formula is C17H27N3. The van der Waals surface area contributed by atoms with Gasteiger partial charge in [0.05, 0.1) is 0 Å². The first kappa shape index (κ1) is 13.9. The summed E-state index contributed by atoms with van der Waals surface area (Å²) >= 11 is 0. The first-order chi connectivity index (χ1) is 9.81. The summed E-state index contributed by atoms with van der Waals surface area (Å²) < 4.78 is 0. The van der Waals surface area contributed by atoms with Crippen molar-refractivity contribution in [2.75, 3.05) is 38.5 Å². The highest BCUT2D eigenvalue weighted by Gasteiger charge is 2.28. The molecule has 2 aliphatic rings. The number of nitrogens with zero attached hydrogens (tertiary/aromatic N) is 2. The van der Waals surface area contributed by atoms with Gasteiger partial charge in [0.15, 0.2) is 0 Å². The Bertz CT molecular complexity index is 415. The van der Waals surface area contributed by atoms with Gasteiger partial charge in [0, 0.05) is 31.4 Å². The Balaban J connectivity index is 1.41. The van der Waals surface area contributed by atoms with Gasteiger partial charge in [0.25, 0.3) is 0 Å². The van der Waals surface area contributed by atoms with E-state index in [1.165, 1.54) is 70.4 Å². The summed E-state index contributed by atoms with van der Waals surface area (Å²) in [5.41, 5.74) is 8.00. The summed E-state index contributed by atoms with van der Waals surface area (Å²) in [5.74, 6) is 0. The molecule has 2 N–H and O–H groups in total. The van der Waals surface area contributed by atoms with Gasteiger partial charge in [-0.2, -0.15) is 0 Å². The topological polar surface area (TPSA) is 32.5 Å². The van der Waals surface area contributed by atoms with Gasteiger partial charge < -0.3 is 10.6 Å². The third kappa shape index (κ3) is 3.53. The first-order valence-electron chi connectivity index (χ1n) is 8.12. The molecule has 1 aromatic carbocycles. The Morgan fingerprint density at radius 2 is 1.90 bits per heavy atom. The van der Waals surface area contributed by atoms with Gasteiger partial charge in [-0.3, -0.25) is 4.90 Å². The van der Waals surface area contributed by atoms with Crippen LogP contribution in [0.5, 0.6) is 0 Å². The van der Waals surface area contributed by atoms with E-state index in [1.807, 2.05) is 12.1 Å². The van der Waals surface area contributed by atoms with Crippen molar-refractivity contribution in [1.82, 2.24) is 9.80 Å². The van der Waals surface area contributed by atoms with Gasteiger partial charge in [0.2, 0.25) is 0 Å². The van der Waals surface area contributed by atoms with Crippen molar-refractivity contribution in [2.45, 2.75) is 38.1 Å². The number of rotatable bonds is 4. The summed E-state index contributed by atoms with van der Waals surface area (Å²) in [6.45, 7) is 6.42. The molecular weight excluding hydrogens is 246 g/mol. The molecule has 0 saturated carbocycles. The van der Waals surface area contributed by atoms with Crippen LogP contribution in [-0.4, -0.2) is 48.6 Å². The molecule has 2 fully saturated rings. The van der Waals surface area contributed by atoms with Crippen molar-refractivity contribution < 1.29 is 0 Å². The van der Waals surface area contributed by atoms with Crippen LogP contribution in [0, 0.1) is 0 Å². The molecule has 1 unspecified atom stereocenters. The van der Waals surface area contributed by atoms with Crippen LogP contribution >= 0.6 is 0 Å². The number of nitrogen functional groups attached to an aromatic ring is 1. The second-order valence-electron chi connectivity index (χ2n) is 6.33. The lowest BCUT2D eigenvalue weighted by Crippen LogP contribution is -2.54. The number of benzene rings is 1. The van der Waals surface area contributed by atoms with Crippen LogP contribution in [-0.2, 0) is 6.42 Å². The first-order valence-corrected chi connectivity index (χ1v) is 8.12. The van der Waals surface area contributed by atoms with Crippen molar-refractivity contribution in [2.24, 2.45) is 0 Å². The molecule has 3 rings (SSSR count). The van der Waals surface area contributed by atoms with E-state index in [0.717, 1.165) is 11.7 Å². The highest BCUT2D eigenvalue weighted by molar-refractivity contribution is 5.39. The van der Waals surface area contributed by atoms with Crippen molar-refractivity contribution in [3.8, 4) is 0 Å². The van der Waals surface area contributed by atoms with Gasteiger partial charge in [-0.05, 0) is 56.5 Å². The maximum absolute atomic E-state index is 5.72. The maximum Gasteiger partial charge on any atom is 0.0314 e. The van der Waals surface area contributed by atoms with E-state index < -0.39 is 0 Å². The van der Waals surface area contributed by atoms with Crippen LogP contribution in [0.3, 0.4) is 0 Å². The number of aryl methyl sites for hydroxylation is 1. The molecule has 0 radical (unpaired) electrons. The zero-order chi connectivity index (χ0) is 13.8. The highest BCUT2D eigenvalue weighted by atomic mass is 15.3. The number of hydrogen-bond donors (Lipinski definition) is 1. The Morgan fingerprint density at radius 1 is 1.05 bits per heavy atom. The second-order valence-corrected chi connectivity index (χ2v) is 6.33. The molecule has 0 aromatic heterocycles. The molecule has 2 heterocycles. The minimum Gasteiger partial charge on any atom is -0.399 e. The fourth-order valence-corrected chi connectivity index (χ4v) is 3.61. The van der Waals surface area contributed by atoms with Crippen LogP contribution in [0.25, 0.3) is 0 Å². The third-order valence-corrected chi connectivity index (χ3v) is 4.84. The van der Waals surface area contributed by atoms with E-state index in [-0.39, 0.29) is 0 Å². The van der Waals surface area contributed by atoms with Crippen LogP contribution < -0.4 is 5.73 Å². The molecule has 0 amide bonds. The van der Waals surface area contributed by atoms with Gasteiger partial charge in [-0.1, -0.05) is 18.6 Å². The van der Waals surface area contributed by atoms with Crippen LogP contribution in [0.2, 0.25) is 0 Å². The zero-order valence-electron chi connectivity index (χ0n) is 12.4. The molecule has 2 aliphatic heterocycles. The van der Waals surface area contributed by atoms with Crippen molar-refractivity contribution in [3.05, 3.63) is 29.8 Å². The van der Waals surface area contributed by atoms with Crippen molar-refractivity contribution in [3.63, 3.8) is 0 Å². The SMILES string of the molecule is Nc1ccc(CCCN2CCN3CCCCC3C2)cc1. The molecule has 3 heteroatoms. The molecule has 0 spiro atoms. The van der Waals surface area contributed by atoms with Crippen LogP contribution in [0.15, 0.2) is 24.3 Å². The van der Waals surface area contributed by atoms with E-state index in [1.54, 1.807) is 0 Å². The van der Waals surface area contributed by atoms with Crippen LogP contribution in [0.1, 0.15) is 31.2 Å². The lowest BCUT2D eigenvalue weighted by Gasteiger charge is -2.44. The van der Waals surface area contributed by atoms with Gasteiger partial charge in [-0.15, -0.1) is 0 Å². The van der Waals surface area contributed by atoms with Crippen molar-refractivity contribution >= 4 is 5.69 Å². The number of hydrogen-bond acceptors (Lipinski definition) is 3. The van der Waals surface area contributed by atoms with E-state index in [9.17, 15) is 0 Å². The summed E-state index contributed by atoms with van der Waals surface area (Å²) in [7, 11) is 0. The number of fused-ring (bicyclic) bond motifs is 1. The Labute approximate surface area is 122 Å². The smallest absolute Gasteiger partial charge is 0.0314 e. The van der Waals surface area contributed by atoms with Crippen LogP contribution in [0.4, 0.5) is 5.69 Å². The number of anilines is 1. The largest absolute Gasteiger partial charge is 0.399 e. The molecule has 2 saturated heterocycles. The average Bonchev–Trinajstić information content (AvgIpc) is 2.49. The number of piperidine rings is 1. The van der Waals surface area contributed by atoms with E-state index in [2.05, 4.69) is 21.9 Å². The molecule has 3 nitrogen and oxygen atoms in total. The summed E-state index contributed by atoms with van der Waals surface area (Å²) in [5, 5.41) is 0. The lowest BCUT2D eigenvalue weighted by molar-refractivity contribution is 0.0490. The van der Waals surface area contributed by atoms with Gasteiger partial charge in [-0.25, -0.2) is 0 Å². The number of nitrogens with two attached hydrogens (primary N) is 1. The molecule has 1 atom stereocenters. The Morgan fingerprint density at radius 3 is 2.75 bits per heavy atom. The third-order valence-electron chi connectivity index (χ3n) is 4.84. The molecule has 110 valence electrons. The molecule has 20 heavy (non-hydrogen) atoms. The molecule has 0 aliphatic carbocycles. The van der Waals surface area contributed by atoms with Crippen molar-refractivity contribution in [1.29, 1.82) is 0 Å². The van der Waals surface area contributed by atoms with E-state index >= 15 is 0 Å². The normalized spacial score (nSPS) is 24.5. The minimum atomic E-state index is 0.842. The monoisotopic (exact) mass is 273 g/mol. The quantitative estimate of drug-likeness (QED) is 0.855. The van der Waals surface area contributed by atoms with Gasteiger partial charge >= 0.3 is 0 Å². The zero-order valence-corrected chi connectivity index (χ0v) is 12.4. The fraction of sp³-hybridized carbons (Fsp3) is 0.647.